The maximum atomic E-state index is 13.4. The monoisotopic (exact) mass is 436 g/mol. The summed E-state index contributed by atoms with van der Waals surface area (Å²) >= 11 is 12.2. The fraction of sp³-hybridized carbons (Fsp3) is 0.619. The zero-order valence-electron chi connectivity index (χ0n) is 16.4. The van der Waals surface area contributed by atoms with Crippen LogP contribution in [-0.2, 0) is 16.0 Å². The number of ether oxygens (including phenoxy) is 1. The number of amides is 1. The maximum absolute atomic E-state index is 13.4. The van der Waals surface area contributed by atoms with Gasteiger partial charge in [-0.1, -0.05) is 29.3 Å². The Balaban J connectivity index is 1.57. The summed E-state index contributed by atoms with van der Waals surface area (Å²) in [4.78, 5) is 20.0. The van der Waals surface area contributed by atoms with E-state index >= 15 is 0 Å². The minimum Gasteiger partial charge on any atom is -0.378 e. The van der Waals surface area contributed by atoms with Gasteiger partial charge in [-0.3, -0.25) is 14.6 Å². The third-order valence-corrected chi connectivity index (χ3v) is 7.10. The highest BCUT2D eigenvalue weighted by Gasteiger charge is 2.47. The van der Waals surface area contributed by atoms with Gasteiger partial charge in [-0.25, -0.2) is 0 Å². The Morgan fingerprint density at radius 3 is 2.59 bits per heavy atom. The van der Waals surface area contributed by atoms with Crippen LogP contribution in [0.25, 0.3) is 0 Å². The minimum absolute atomic E-state index is 0.0409. The predicted octanol–water partition coefficient (Wildman–Crippen LogP) is 2.44. The lowest BCUT2D eigenvalue weighted by molar-refractivity contribution is -0.151. The lowest BCUT2D eigenvalue weighted by Crippen LogP contribution is -2.71. The van der Waals surface area contributed by atoms with Crippen LogP contribution in [0.15, 0.2) is 18.2 Å². The van der Waals surface area contributed by atoms with E-state index in [0.29, 0.717) is 49.3 Å². The highest BCUT2D eigenvalue weighted by Crippen LogP contribution is 2.30. The first kappa shape index (κ1) is 20.9. The summed E-state index contributed by atoms with van der Waals surface area (Å²) in [6.45, 7) is 4.98. The van der Waals surface area contributed by atoms with Gasteiger partial charge in [-0.05, 0) is 43.6 Å². The summed E-state index contributed by atoms with van der Waals surface area (Å²) in [6.07, 6.45) is 2.67. The van der Waals surface area contributed by atoms with Crippen molar-refractivity contribution in [3.63, 3.8) is 0 Å². The summed E-state index contributed by atoms with van der Waals surface area (Å²) in [6, 6.07) is 7.92. The number of rotatable bonds is 4. The zero-order valence-corrected chi connectivity index (χ0v) is 17.9. The molecule has 0 saturated carbocycles. The van der Waals surface area contributed by atoms with Gasteiger partial charge in [0.25, 0.3) is 0 Å². The molecule has 0 N–H and O–H groups in total. The number of fused-ring (bicyclic) bond motifs is 1. The van der Waals surface area contributed by atoms with Crippen LogP contribution in [0.5, 0.6) is 0 Å². The molecule has 3 atom stereocenters. The first-order valence-electron chi connectivity index (χ1n) is 10.2. The number of hydrogen-bond donors (Lipinski definition) is 0. The van der Waals surface area contributed by atoms with Gasteiger partial charge in [-0.2, -0.15) is 5.26 Å². The lowest BCUT2D eigenvalue weighted by Gasteiger charge is -2.53. The number of hydrogen-bond acceptors (Lipinski definition) is 5. The number of nitrogens with zero attached hydrogens (tertiary/aromatic N) is 4. The van der Waals surface area contributed by atoms with Crippen LogP contribution in [0.4, 0.5) is 0 Å². The van der Waals surface area contributed by atoms with Crippen molar-refractivity contribution < 1.29 is 9.53 Å². The van der Waals surface area contributed by atoms with E-state index in [1.807, 2.05) is 11.0 Å². The molecule has 3 fully saturated rings. The Hall–Kier alpha value is -1.36. The molecule has 0 spiro atoms. The van der Waals surface area contributed by atoms with Crippen molar-refractivity contribution in [2.75, 3.05) is 45.9 Å². The van der Waals surface area contributed by atoms with Crippen molar-refractivity contribution in [2.45, 2.75) is 37.4 Å². The molecule has 1 aromatic rings. The van der Waals surface area contributed by atoms with Gasteiger partial charge in [0, 0.05) is 13.1 Å². The Kier molecular flexibility index (Phi) is 6.63. The van der Waals surface area contributed by atoms with Crippen molar-refractivity contribution >= 4 is 29.1 Å². The number of carbonyl (C=O) groups excluding carboxylic acids is 1. The maximum Gasteiger partial charge on any atom is 0.227 e. The standard InChI is InChI=1S/C21H26Cl2N4O2/c22-16-4-3-15(11-17(16)23)12-20(28)27-10-9-26(8-5-24)19-14-29-13-18(21(19)27)25-6-1-2-7-25/h3-4,11,18-19,21H,1-2,6-10,12-14H2/t18-,19?,21+/m0/s1. The normalized spacial score (nSPS) is 28.2. The van der Waals surface area contributed by atoms with Gasteiger partial charge in [-0.15, -0.1) is 0 Å². The minimum atomic E-state index is 0.0409. The first-order valence-corrected chi connectivity index (χ1v) is 11.0. The molecule has 0 aliphatic carbocycles. The molecule has 1 unspecified atom stereocenters. The molecule has 1 aromatic carbocycles. The zero-order chi connectivity index (χ0) is 20.4. The van der Waals surface area contributed by atoms with E-state index in [2.05, 4.69) is 15.9 Å². The molecule has 8 heteroatoms. The van der Waals surface area contributed by atoms with Gasteiger partial charge in [0.05, 0.1) is 60.4 Å². The molecule has 0 radical (unpaired) electrons. The van der Waals surface area contributed by atoms with Gasteiger partial charge in [0.1, 0.15) is 0 Å². The number of halogens is 2. The lowest BCUT2D eigenvalue weighted by atomic mass is 9.91. The van der Waals surface area contributed by atoms with Crippen LogP contribution in [0.3, 0.4) is 0 Å². The highest BCUT2D eigenvalue weighted by atomic mass is 35.5. The van der Waals surface area contributed by atoms with Gasteiger partial charge in [0.2, 0.25) is 5.91 Å². The number of benzene rings is 1. The van der Waals surface area contributed by atoms with Crippen molar-refractivity contribution in [1.29, 1.82) is 5.26 Å². The Labute approximate surface area is 181 Å². The molecule has 29 heavy (non-hydrogen) atoms. The van der Waals surface area contributed by atoms with Crippen LogP contribution in [0.2, 0.25) is 10.0 Å². The van der Waals surface area contributed by atoms with Crippen molar-refractivity contribution in [3.8, 4) is 6.07 Å². The summed E-state index contributed by atoms with van der Waals surface area (Å²) in [5.41, 5.74) is 0.866. The quantitative estimate of drug-likeness (QED) is 0.678. The number of carbonyl (C=O) groups is 1. The fourth-order valence-corrected chi connectivity index (χ4v) is 5.27. The summed E-state index contributed by atoms with van der Waals surface area (Å²) in [5.74, 6) is 0.0982. The van der Waals surface area contributed by atoms with E-state index in [1.165, 1.54) is 12.8 Å². The molecule has 1 amide bonds. The number of piperazine rings is 1. The van der Waals surface area contributed by atoms with Gasteiger partial charge >= 0.3 is 0 Å². The van der Waals surface area contributed by atoms with E-state index in [1.54, 1.807) is 12.1 Å². The third kappa shape index (κ3) is 4.40. The van der Waals surface area contributed by atoms with Crippen molar-refractivity contribution in [3.05, 3.63) is 33.8 Å². The fourth-order valence-electron chi connectivity index (χ4n) is 4.95. The molecule has 0 bridgehead atoms. The molecule has 3 heterocycles. The van der Waals surface area contributed by atoms with E-state index in [9.17, 15) is 10.1 Å². The molecule has 3 aliphatic heterocycles. The molecule has 3 aliphatic rings. The van der Waals surface area contributed by atoms with E-state index < -0.39 is 0 Å². The van der Waals surface area contributed by atoms with E-state index in [4.69, 9.17) is 27.9 Å². The second-order valence-corrected chi connectivity index (χ2v) is 8.86. The average molecular weight is 437 g/mol. The molecular weight excluding hydrogens is 411 g/mol. The van der Waals surface area contributed by atoms with E-state index in [0.717, 1.165) is 18.7 Å². The summed E-state index contributed by atoms with van der Waals surface area (Å²) in [7, 11) is 0. The van der Waals surface area contributed by atoms with Crippen LogP contribution in [0.1, 0.15) is 18.4 Å². The smallest absolute Gasteiger partial charge is 0.227 e. The SMILES string of the molecule is N#CCN1CCN(C(=O)Cc2ccc(Cl)c(Cl)c2)[C@H]2C1COC[C@@H]2N1CCCC1. The van der Waals surface area contributed by atoms with Crippen molar-refractivity contribution in [2.24, 2.45) is 0 Å². The predicted molar refractivity (Wildman–Crippen MR) is 112 cm³/mol. The molecule has 156 valence electrons. The first-order chi connectivity index (χ1) is 14.1. The number of nitriles is 1. The van der Waals surface area contributed by atoms with Gasteiger partial charge < -0.3 is 9.64 Å². The third-order valence-electron chi connectivity index (χ3n) is 6.37. The largest absolute Gasteiger partial charge is 0.378 e. The molecule has 4 rings (SSSR count). The van der Waals surface area contributed by atoms with E-state index in [-0.39, 0.29) is 24.0 Å². The van der Waals surface area contributed by atoms with Crippen LogP contribution in [-0.4, -0.2) is 84.7 Å². The summed E-state index contributed by atoms with van der Waals surface area (Å²) < 4.78 is 5.95. The van der Waals surface area contributed by atoms with Crippen LogP contribution in [0, 0.1) is 11.3 Å². The Morgan fingerprint density at radius 1 is 1.10 bits per heavy atom. The Bertz CT molecular complexity index is 793. The second kappa shape index (κ2) is 9.20. The highest BCUT2D eigenvalue weighted by molar-refractivity contribution is 6.42. The molecule has 0 aromatic heterocycles. The second-order valence-electron chi connectivity index (χ2n) is 8.05. The van der Waals surface area contributed by atoms with Crippen molar-refractivity contribution in [1.82, 2.24) is 14.7 Å². The topological polar surface area (TPSA) is 59.8 Å². The molecule has 3 saturated heterocycles. The average Bonchev–Trinajstić information content (AvgIpc) is 3.25. The number of likely N-dealkylation sites (tertiary alicyclic amines) is 1. The molecular formula is C21H26Cl2N4O2. The van der Waals surface area contributed by atoms with Crippen LogP contribution >= 0.6 is 23.2 Å². The summed E-state index contributed by atoms with van der Waals surface area (Å²) in [5, 5.41) is 10.2. The van der Waals surface area contributed by atoms with Gasteiger partial charge in [0.15, 0.2) is 0 Å². The Morgan fingerprint density at radius 2 is 1.86 bits per heavy atom. The molecule has 6 nitrogen and oxygen atoms in total. The van der Waals surface area contributed by atoms with Crippen LogP contribution < -0.4 is 0 Å².